The van der Waals surface area contributed by atoms with Gasteiger partial charge in [-0.25, -0.2) is 0 Å². The number of rotatable bonds is 6. The van der Waals surface area contributed by atoms with Crippen LogP contribution in [0.2, 0.25) is 19.6 Å². The van der Waals surface area contributed by atoms with Gasteiger partial charge in [-0.1, -0.05) is 49.1 Å². The standard InChI is InChI=1S/C15H28N2Si/c1-13(17(2)3)11-16-12-14-7-9-15(10-8-14)18(4,5)6/h7-10,13,16H,11-12H2,1-6H3. The zero-order valence-electron chi connectivity index (χ0n) is 12.7. The monoisotopic (exact) mass is 264 g/mol. The molecule has 1 atom stereocenters. The van der Waals surface area contributed by atoms with E-state index in [-0.39, 0.29) is 0 Å². The van der Waals surface area contributed by atoms with Crippen LogP contribution in [0.4, 0.5) is 0 Å². The molecule has 0 spiro atoms. The molecule has 1 aromatic rings. The molecule has 0 saturated carbocycles. The van der Waals surface area contributed by atoms with Crippen molar-refractivity contribution in [2.24, 2.45) is 0 Å². The lowest BCUT2D eigenvalue weighted by Gasteiger charge is -2.20. The second-order valence-electron chi connectivity index (χ2n) is 6.39. The van der Waals surface area contributed by atoms with E-state index in [0.717, 1.165) is 13.1 Å². The van der Waals surface area contributed by atoms with E-state index in [0.29, 0.717) is 6.04 Å². The van der Waals surface area contributed by atoms with Crippen LogP contribution in [0.3, 0.4) is 0 Å². The van der Waals surface area contributed by atoms with Gasteiger partial charge in [-0.2, -0.15) is 0 Å². The summed E-state index contributed by atoms with van der Waals surface area (Å²) in [6.45, 7) is 11.4. The Morgan fingerprint density at radius 3 is 2.11 bits per heavy atom. The molecule has 0 radical (unpaired) electrons. The number of nitrogens with one attached hydrogen (secondary N) is 1. The Morgan fingerprint density at radius 1 is 1.11 bits per heavy atom. The fourth-order valence-electron chi connectivity index (χ4n) is 1.73. The Hall–Kier alpha value is -0.643. The highest BCUT2D eigenvalue weighted by Gasteiger charge is 2.15. The van der Waals surface area contributed by atoms with Crippen LogP contribution >= 0.6 is 0 Å². The van der Waals surface area contributed by atoms with Crippen LogP contribution in [0.5, 0.6) is 0 Å². The summed E-state index contributed by atoms with van der Waals surface area (Å²) in [6.07, 6.45) is 0. The quantitative estimate of drug-likeness (QED) is 0.793. The van der Waals surface area contributed by atoms with Crippen LogP contribution in [0.15, 0.2) is 24.3 Å². The third kappa shape index (κ3) is 4.92. The van der Waals surface area contributed by atoms with E-state index in [9.17, 15) is 0 Å². The highest BCUT2D eigenvalue weighted by Crippen LogP contribution is 2.04. The van der Waals surface area contributed by atoms with E-state index in [4.69, 9.17) is 0 Å². The van der Waals surface area contributed by atoms with Crippen molar-refractivity contribution in [3.8, 4) is 0 Å². The molecule has 1 rings (SSSR count). The maximum atomic E-state index is 3.51. The molecule has 0 amide bonds. The zero-order valence-corrected chi connectivity index (χ0v) is 13.7. The van der Waals surface area contributed by atoms with E-state index >= 15 is 0 Å². The molecule has 0 aliphatic carbocycles. The summed E-state index contributed by atoms with van der Waals surface area (Å²) in [7, 11) is 3.09. The molecule has 1 aromatic carbocycles. The predicted molar refractivity (Wildman–Crippen MR) is 84.3 cm³/mol. The number of hydrogen-bond donors (Lipinski definition) is 1. The maximum Gasteiger partial charge on any atom is 0.0775 e. The minimum atomic E-state index is -1.15. The van der Waals surface area contributed by atoms with Crippen LogP contribution < -0.4 is 10.5 Å². The lowest BCUT2D eigenvalue weighted by atomic mass is 10.2. The van der Waals surface area contributed by atoms with Crippen molar-refractivity contribution in [2.45, 2.75) is 39.2 Å². The topological polar surface area (TPSA) is 15.3 Å². The molecule has 18 heavy (non-hydrogen) atoms. The van der Waals surface area contributed by atoms with Crippen molar-refractivity contribution < 1.29 is 0 Å². The second kappa shape index (κ2) is 6.50. The van der Waals surface area contributed by atoms with Crippen LogP contribution in [0.1, 0.15) is 12.5 Å². The number of nitrogens with zero attached hydrogens (tertiary/aromatic N) is 1. The lowest BCUT2D eigenvalue weighted by molar-refractivity contribution is 0.302. The summed E-state index contributed by atoms with van der Waals surface area (Å²) in [5.41, 5.74) is 1.38. The Bertz CT molecular complexity index is 352. The SMILES string of the molecule is CC(CNCc1ccc([Si](C)(C)C)cc1)N(C)C. The van der Waals surface area contributed by atoms with Crippen molar-refractivity contribution in [1.82, 2.24) is 10.2 Å². The molecule has 0 aliphatic rings. The van der Waals surface area contributed by atoms with E-state index < -0.39 is 8.07 Å². The normalized spacial score (nSPS) is 13.9. The van der Waals surface area contributed by atoms with Gasteiger partial charge < -0.3 is 10.2 Å². The molecule has 0 aliphatic heterocycles. The summed E-state index contributed by atoms with van der Waals surface area (Å²) in [5, 5.41) is 5.05. The van der Waals surface area contributed by atoms with E-state index in [2.05, 4.69) is 75.1 Å². The lowest BCUT2D eigenvalue weighted by Crippen LogP contribution is -2.37. The van der Waals surface area contributed by atoms with Gasteiger partial charge >= 0.3 is 0 Å². The van der Waals surface area contributed by atoms with Gasteiger partial charge in [0.05, 0.1) is 8.07 Å². The Balaban J connectivity index is 2.45. The van der Waals surface area contributed by atoms with Gasteiger partial charge in [0.1, 0.15) is 0 Å². The maximum absolute atomic E-state index is 3.51. The van der Waals surface area contributed by atoms with Crippen molar-refractivity contribution in [3.63, 3.8) is 0 Å². The molecule has 0 aromatic heterocycles. The van der Waals surface area contributed by atoms with Crippen molar-refractivity contribution in [3.05, 3.63) is 29.8 Å². The Kier molecular flexibility index (Phi) is 5.57. The van der Waals surface area contributed by atoms with E-state index in [1.54, 1.807) is 0 Å². The van der Waals surface area contributed by atoms with Gasteiger partial charge in [0.25, 0.3) is 0 Å². The third-order valence-electron chi connectivity index (χ3n) is 3.47. The number of likely N-dealkylation sites (N-methyl/N-ethyl adjacent to an activating group) is 1. The molecular formula is C15H28N2Si. The third-order valence-corrected chi connectivity index (χ3v) is 5.54. The zero-order chi connectivity index (χ0) is 13.8. The van der Waals surface area contributed by atoms with Gasteiger partial charge in [0.2, 0.25) is 0 Å². The van der Waals surface area contributed by atoms with Gasteiger partial charge in [-0.3, -0.25) is 0 Å². The molecule has 3 heteroatoms. The predicted octanol–water partition coefficient (Wildman–Crippen LogP) is 2.27. The molecule has 1 unspecified atom stereocenters. The van der Waals surface area contributed by atoms with Crippen LogP contribution in [-0.2, 0) is 6.54 Å². The Labute approximate surface area is 113 Å². The molecule has 0 saturated heterocycles. The largest absolute Gasteiger partial charge is 0.311 e. The smallest absolute Gasteiger partial charge is 0.0775 e. The fraction of sp³-hybridized carbons (Fsp3) is 0.600. The van der Waals surface area contributed by atoms with Crippen molar-refractivity contribution >= 4 is 13.3 Å². The molecule has 102 valence electrons. The first-order valence-electron chi connectivity index (χ1n) is 6.77. The summed E-state index contributed by atoms with van der Waals surface area (Å²) in [6, 6.07) is 9.71. The van der Waals surface area contributed by atoms with E-state index in [1.807, 2.05) is 0 Å². The fourth-order valence-corrected chi connectivity index (χ4v) is 2.90. The minimum absolute atomic E-state index is 0.575. The average molecular weight is 264 g/mol. The van der Waals surface area contributed by atoms with Gasteiger partial charge in [-0.15, -0.1) is 0 Å². The molecule has 0 heterocycles. The summed E-state index contributed by atoms with van der Waals surface area (Å²) < 4.78 is 0. The summed E-state index contributed by atoms with van der Waals surface area (Å²) in [4.78, 5) is 2.24. The highest BCUT2D eigenvalue weighted by molar-refractivity contribution is 6.88. The van der Waals surface area contributed by atoms with Crippen LogP contribution in [0, 0.1) is 0 Å². The molecule has 2 nitrogen and oxygen atoms in total. The first kappa shape index (κ1) is 15.4. The van der Waals surface area contributed by atoms with Crippen molar-refractivity contribution in [1.29, 1.82) is 0 Å². The highest BCUT2D eigenvalue weighted by atomic mass is 28.3. The van der Waals surface area contributed by atoms with Crippen LogP contribution in [0.25, 0.3) is 0 Å². The van der Waals surface area contributed by atoms with Crippen molar-refractivity contribution in [2.75, 3.05) is 20.6 Å². The number of hydrogen-bond acceptors (Lipinski definition) is 2. The van der Waals surface area contributed by atoms with Gasteiger partial charge in [-0.05, 0) is 26.6 Å². The summed E-state index contributed by atoms with van der Waals surface area (Å²) >= 11 is 0. The first-order valence-corrected chi connectivity index (χ1v) is 10.3. The second-order valence-corrected chi connectivity index (χ2v) is 11.5. The van der Waals surface area contributed by atoms with Gasteiger partial charge in [0.15, 0.2) is 0 Å². The van der Waals surface area contributed by atoms with E-state index in [1.165, 1.54) is 10.8 Å². The van der Waals surface area contributed by atoms with Crippen LogP contribution in [-0.4, -0.2) is 39.7 Å². The number of benzene rings is 1. The average Bonchev–Trinajstić information content (AvgIpc) is 2.28. The molecular weight excluding hydrogens is 236 g/mol. The molecule has 0 bridgehead atoms. The molecule has 0 fully saturated rings. The molecule has 1 N–H and O–H groups in total. The summed E-state index contributed by atoms with van der Waals surface area (Å²) in [5.74, 6) is 0. The first-order chi connectivity index (χ1) is 8.30. The Morgan fingerprint density at radius 2 is 1.67 bits per heavy atom. The van der Waals surface area contributed by atoms with Gasteiger partial charge in [0, 0.05) is 19.1 Å². The minimum Gasteiger partial charge on any atom is -0.311 e.